The number of nitrogens with zero attached hydrogens (tertiary/aromatic N) is 3. The van der Waals surface area contributed by atoms with Gasteiger partial charge in [-0.1, -0.05) is 42.1 Å². The van der Waals surface area contributed by atoms with Crippen LogP contribution in [-0.2, 0) is 17.8 Å². The summed E-state index contributed by atoms with van der Waals surface area (Å²) >= 11 is 1.50. The Hall–Kier alpha value is -2.53. The third kappa shape index (κ3) is 3.93. The zero-order valence-corrected chi connectivity index (χ0v) is 16.5. The second kappa shape index (κ2) is 7.61. The van der Waals surface area contributed by atoms with E-state index in [4.69, 9.17) is 0 Å². The Balaban J connectivity index is 1.44. The lowest BCUT2D eigenvalue weighted by atomic mass is 10.00. The molecular weight excluding hydrogens is 354 g/mol. The van der Waals surface area contributed by atoms with Gasteiger partial charge in [-0.15, -0.1) is 0 Å². The Morgan fingerprint density at radius 3 is 2.63 bits per heavy atom. The van der Waals surface area contributed by atoms with E-state index in [0.717, 1.165) is 23.8 Å². The number of imidazole rings is 1. The van der Waals surface area contributed by atoms with E-state index < -0.39 is 0 Å². The fourth-order valence-corrected chi connectivity index (χ4v) is 4.48. The van der Waals surface area contributed by atoms with Crippen molar-refractivity contribution >= 4 is 17.7 Å². The Morgan fingerprint density at radius 1 is 1.11 bits per heavy atom. The highest BCUT2D eigenvalue weighted by atomic mass is 32.2. The summed E-state index contributed by atoms with van der Waals surface area (Å²) in [7, 11) is 0. The maximum absolute atomic E-state index is 12.7. The minimum absolute atomic E-state index is 0.171. The van der Waals surface area contributed by atoms with Gasteiger partial charge in [0.1, 0.15) is 0 Å². The molecule has 0 atom stereocenters. The monoisotopic (exact) mass is 377 g/mol. The molecule has 0 aliphatic carbocycles. The van der Waals surface area contributed by atoms with Crippen molar-refractivity contribution in [3.8, 4) is 5.69 Å². The van der Waals surface area contributed by atoms with Crippen LogP contribution in [0.5, 0.6) is 0 Å². The molecule has 0 bridgehead atoms. The molecule has 138 valence electrons. The lowest BCUT2D eigenvalue weighted by Crippen LogP contribution is -2.37. The fourth-order valence-electron chi connectivity index (χ4n) is 3.61. The molecule has 2 heterocycles. The van der Waals surface area contributed by atoms with E-state index in [-0.39, 0.29) is 5.91 Å². The van der Waals surface area contributed by atoms with E-state index >= 15 is 0 Å². The molecular formula is C22H23N3OS. The number of hydrogen-bond acceptors (Lipinski definition) is 3. The standard InChI is InChI=1S/C22H23N3OS/c1-16-11-17(2)13-20(12-16)25-10-8-23-22(25)27-15-21(26)24-9-7-18-5-3-4-6-19(18)14-24/h3-6,8,10-13H,7,9,14-15H2,1-2H3. The average molecular weight is 378 g/mol. The van der Waals surface area contributed by atoms with E-state index in [2.05, 4.69) is 59.8 Å². The van der Waals surface area contributed by atoms with E-state index in [1.807, 2.05) is 17.2 Å². The predicted octanol–water partition coefficient (Wildman–Crippen LogP) is 4.17. The Morgan fingerprint density at radius 2 is 1.85 bits per heavy atom. The number of amides is 1. The van der Waals surface area contributed by atoms with Gasteiger partial charge >= 0.3 is 0 Å². The maximum Gasteiger partial charge on any atom is 0.233 e. The lowest BCUT2D eigenvalue weighted by molar-refractivity contribution is -0.129. The Bertz CT molecular complexity index is 959. The first-order chi connectivity index (χ1) is 13.1. The molecule has 1 aliphatic heterocycles. The smallest absolute Gasteiger partial charge is 0.233 e. The predicted molar refractivity (Wildman–Crippen MR) is 109 cm³/mol. The first-order valence-electron chi connectivity index (χ1n) is 9.19. The van der Waals surface area contributed by atoms with Gasteiger partial charge < -0.3 is 4.90 Å². The number of carbonyl (C=O) groups excluding carboxylic acids is 1. The molecule has 1 amide bonds. The van der Waals surface area contributed by atoms with Crippen LogP contribution in [0.3, 0.4) is 0 Å². The number of aryl methyl sites for hydroxylation is 2. The third-order valence-corrected chi connectivity index (χ3v) is 5.85. The molecule has 27 heavy (non-hydrogen) atoms. The average Bonchev–Trinajstić information content (AvgIpc) is 3.13. The lowest BCUT2D eigenvalue weighted by Gasteiger charge is -2.28. The molecule has 1 aliphatic rings. The van der Waals surface area contributed by atoms with Crippen molar-refractivity contribution in [3.05, 3.63) is 77.1 Å². The second-order valence-corrected chi connectivity index (χ2v) is 7.99. The summed E-state index contributed by atoms with van der Waals surface area (Å²) in [5.74, 6) is 0.578. The van der Waals surface area contributed by atoms with Crippen molar-refractivity contribution in [3.63, 3.8) is 0 Å². The molecule has 0 N–H and O–H groups in total. The van der Waals surface area contributed by atoms with Gasteiger partial charge in [0.2, 0.25) is 5.91 Å². The van der Waals surface area contributed by atoms with Crippen molar-refractivity contribution in [1.82, 2.24) is 14.5 Å². The van der Waals surface area contributed by atoms with E-state index in [9.17, 15) is 4.79 Å². The molecule has 4 nitrogen and oxygen atoms in total. The molecule has 5 heteroatoms. The van der Waals surface area contributed by atoms with Crippen LogP contribution in [0.1, 0.15) is 22.3 Å². The van der Waals surface area contributed by atoms with Gasteiger partial charge in [0, 0.05) is 31.2 Å². The SMILES string of the molecule is Cc1cc(C)cc(-n2ccnc2SCC(=O)N2CCc3ccccc3C2)c1. The number of aromatic nitrogens is 2. The zero-order chi connectivity index (χ0) is 18.8. The Labute approximate surface area is 164 Å². The van der Waals surface area contributed by atoms with Gasteiger partial charge in [0.15, 0.2) is 5.16 Å². The number of thioether (sulfide) groups is 1. The summed E-state index contributed by atoms with van der Waals surface area (Å²) in [5.41, 5.74) is 6.15. The minimum Gasteiger partial charge on any atom is -0.337 e. The number of hydrogen-bond donors (Lipinski definition) is 0. The fraction of sp³-hybridized carbons (Fsp3) is 0.273. The van der Waals surface area contributed by atoms with E-state index in [0.29, 0.717) is 12.3 Å². The molecule has 0 spiro atoms. The topological polar surface area (TPSA) is 38.1 Å². The van der Waals surface area contributed by atoms with Crippen LogP contribution in [-0.4, -0.2) is 32.7 Å². The number of benzene rings is 2. The Kier molecular flexibility index (Phi) is 5.03. The highest BCUT2D eigenvalue weighted by Crippen LogP contribution is 2.24. The molecule has 3 aromatic rings. The van der Waals surface area contributed by atoms with Gasteiger partial charge in [0.05, 0.1) is 5.75 Å². The molecule has 0 saturated carbocycles. The summed E-state index contributed by atoms with van der Waals surface area (Å²) < 4.78 is 2.06. The van der Waals surface area contributed by atoms with Crippen LogP contribution in [0, 0.1) is 13.8 Å². The van der Waals surface area contributed by atoms with Gasteiger partial charge in [-0.3, -0.25) is 9.36 Å². The van der Waals surface area contributed by atoms with Gasteiger partial charge in [-0.2, -0.15) is 0 Å². The number of fused-ring (bicyclic) bond motifs is 1. The van der Waals surface area contributed by atoms with Crippen LogP contribution in [0.15, 0.2) is 60.0 Å². The van der Waals surface area contributed by atoms with Crippen LogP contribution in [0.2, 0.25) is 0 Å². The zero-order valence-electron chi connectivity index (χ0n) is 15.7. The molecule has 0 unspecified atom stereocenters. The van der Waals surface area contributed by atoms with Crippen molar-refractivity contribution in [2.24, 2.45) is 0 Å². The summed E-state index contributed by atoms with van der Waals surface area (Å²) in [6.07, 6.45) is 4.68. The second-order valence-electron chi connectivity index (χ2n) is 7.05. The quantitative estimate of drug-likeness (QED) is 0.641. The first kappa shape index (κ1) is 17.9. The normalized spacial score (nSPS) is 13.5. The third-order valence-electron chi connectivity index (χ3n) is 4.90. The van der Waals surface area contributed by atoms with Crippen molar-refractivity contribution in [2.45, 2.75) is 32.0 Å². The molecule has 0 radical (unpaired) electrons. The molecule has 4 rings (SSSR count). The van der Waals surface area contributed by atoms with E-state index in [1.54, 1.807) is 6.20 Å². The first-order valence-corrected chi connectivity index (χ1v) is 10.2. The van der Waals surface area contributed by atoms with E-state index in [1.165, 1.54) is 34.0 Å². The maximum atomic E-state index is 12.7. The van der Waals surface area contributed by atoms with Crippen LogP contribution < -0.4 is 0 Å². The molecule has 0 saturated heterocycles. The summed E-state index contributed by atoms with van der Waals surface area (Å²) in [5, 5.41) is 0.853. The highest BCUT2D eigenvalue weighted by molar-refractivity contribution is 7.99. The van der Waals surface area contributed by atoms with Crippen LogP contribution in [0.25, 0.3) is 5.69 Å². The molecule has 1 aromatic heterocycles. The van der Waals surface area contributed by atoms with Crippen LogP contribution >= 0.6 is 11.8 Å². The van der Waals surface area contributed by atoms with Crippen LogP contribution in [0.4, 0.5) is 0 Å². The van der Waals surface area contributed by atoms with Gasteiger partial charge in [-0.05, 0) is 54.7 Å². The van der Waals surface area contributed by atoms with Gasteiger partial charge in [0.25, 0.3) is 0 Å². The van der Waals surface area contributed by atoms with Crippen molar-refractivity contribution in [1.29, 1.82) is 0 Å². The van der Waals surface area contributed by atoms with Gasteiger partial charge in [-0.25, -0.2) is 4.98 Å². The summed E-state index contributed by atoms with van der Waals surface area (Å²) in [4.78, 5) is 19.1. The summed E-state index contributed by atoms with van der Waals surface area (Å²) in [6, 6.07) is 14.8. The number of rotatable bonds is 4. The molecule has 0 fully saturated rings. The number of carbonyl (C=O) groups is 1. The van der Waals surface area contributed by atoms with Crippen molar-refractivity contribution < 1.29 is 4.79 Å². The van der Waals surface area contributed by atoms with Crippen molar-refractivity contribution in [2.75, 3.05) is 12.3 Å². The largest absolute Gasteiger partial charge is 0.337 e. The highest BCUT2D eigenvalue weighted by Gasteiger charge is 2.21. The summed E-state index contributed by atoms with van der Waals surface area (Å²) in [6.45, 7) is 5.69. The molecule has 2 aromatic carbocycles. The minimum atomic E-state index is 0.171.